The molecule has 1 atom stereocenters. The van der Waals surface area contributed by atoms with E-state index in [0.717, 1.165) is 36.8 Å². The maximum absolute atomic E-state index is 12.1. The number of carbonyl (C=O) groups is 1. The molecule has 0 radical (unpaired) electrons. The maximum Gasteiger partial charge on any atom is 0.239 e. The minimum Gasteiger partial charge on any atom is -0.497 e. The molecule has 1 aliphatic rings. The minimum atomic E-state index is -0.0455. The van der Waals surface area contributed by atoms with Crippen molar-refractivity contribution in [3.05, 3.63) is 65.7 Å². The van der Waals surface area contributed by atoms with Gasteiger partial charge in [-0.05, 0) is 29.7 Å². The molecule has 6 nitrogen and oxygen atoms in total. The minimum absolute atomic E-state index is 0. The highest BCUT2D eigenvalue weighted by Crippen LogP contribution is 2.28. The molecule has 2 aromatic carbocycles. The number of carbonyl (C=O) groups excluding carboxylic acids is 1. The zero-order valence-corrected chi connectivity index (χ0v) is 19.3. The molecule has 1 fully saturated rings. The summed E-state index contributed by atoms with van der Waals surface area (Å²) >= 11 is 0. The molecule has 7 heteroatoms. The molecule has 0 bridgehead atoms. The number of amides is 1. The van der Waals surface area contributed by atoms with Gasteiger partial charge in [-0.3, -0.25) is 9.79 Å². The Hall–Kier alpha value is -2.29. The number of guanidine groups is 1. The van der Waals surface area contributed by atoms with Crippen molar-refractivity contribution in [2.24, 2.45) is 4.99 Å². The van der Waals surface area contributed by atoms with Crippen molar-refractivity contribution in [1.29, 1.82) is 0 Å². The van der Waals surface area contributed by atoms with Crippen molar-refractivity contribution in [2.75, 3.05) is 33.8 Å². The van der Waals surface area contributed by atoms with Crippen LogP contribution in [0, 0.1) is 0 Å². The Labute approximate surface area is 189 Å². The van der Waals surface area contributed by atoms with Crippen LogP contribution < -0.4 is 15.4 Å². The third-order valence-electron chi connectivity index (χ3n) is 5.03. The van der Waals surface area contributed by atoms with Gasteiger partial charge >= 0.3 is 0 Å². The number of benzene rings is 2. The second-order valence-corrected chi connectivity index (χ2v) is 6.87. The van der Waals surface area contributed by atoms with Gasteiger partial charge in [-0.25, -0.2) is 0 Å². The van der Waals surface area contributed by atoms with E-state index in [1.807, 2.05) is 42.5 Å². The van der Waals surface area contributed by atoms with Crippen LogP contribution in [0.3, 0.4) is 0 Å². The second kappa shape index (κ2) is 11.6. The molecule has 1 unspecified atom stereocenters. The van der Waals surface area contributed by atoms with Gasteiger partial charge in [-0.15, -0.1) is 24.0 Å². The summed E-state index contributed by atoms with van der Waals surface area (Å²) in [5.74, 6) is 2.05. The first-order chi connectivity index (χ1) is 13.7. The summed E-state index contributed by atoms with van der Waals surface area (Å²) in [5, 5.41) is 6.11. The van der Waals surface area contributed by atoms with Crippen LogP contribution in [-0.2, 0) is 11.3 Å². The fourth-order valence-electron chi connectivity index (χ4n) is 3.45. The second-order valence-electron chi connectivity index (χ2n) is 6.87. The largest absolute Gasteiger partial charge is 0.497 e. The van der Waals surface area contributed by atoms with E-state index in [0.29, 0.717) is 12.5 Å². The van der Waals surface area contributed by atoms with Crippen molar-refractivity contribution in [3.63, 3.8) is 0 Å². The molecule has 0 spiro atoms. The summed E-state index contributed by atoms with van der Waals surface area (Å²) in [6.45, 7) is 2.55. The maximum atomic E-state index is 12.1. The zero-order valence-electron chi connectivity index (χ0n) is 16.9. The highest BCUT2D eigenvalue weighted by molar-refractivity contribution is 14.0. The van der Waals surface area contributed by atoms with Crippen molar-refractivity contribution in [1.82, 2.24) is 15.5 Å². The summed E-state index contributed by atoms with van der Waals surface area (Å²) < 4.78 is 5.23. The van der Waals surface area contributed by atoms with Gasteiger partial charge < -0.3 is 20.3 Å². The molecule has 0 aromatic heterocycles. The number of hydrogen-bond acceptors (Lipinski definition) is 3. The van der Waals surface area contributed by atoms with E-state index in [1.165, 1.54) is 5.56 Å². The third kappa shape index (κ3) is 6.62. The first kappa shape index (κ1) is 23.0. The molecule has 156 valence electrons. The van der Waals surface area contributed by atoms with Crippen molar-refractivity contribution < 1.29 is 9.53 Å². The van der Waals surface area contributed by atoms with Gasteiger partial charge in [0.25, 0.3) is 0 Å². The van der Waals surface area contributed by atoms with E-state index in [9.17, 15) is 4.79 Å². The molecule has 3 rings (SSSR count). The molecule has 1 amide bonds. The van der Waals surface area contributed by atoms with Crippen molar-refractivity contribution >= 4 is 35.8 Å². The Balaban J connectivity index is 0.00000300. The standard InChI is InChI=1S/C22H28N4O2.HI/c1-23-22(25-15-21(27)24-14-17-6-4-3-5-7-17)26-13-12-19(16-26)18-8-10-20(28-2)11-9-18;/h3-11,19H,12-16H2,1-2H3,(H,23,25)(H,24,27);1H. The van der Waals surface area contributed by atoms with E-state index in [1.54, 1.807) is 14.2 Å². The van der Waals surface area contributed by atoms with Gasteiger partial charge in [0.1, 0.15) is 5.75 Å². The van der Waals surface area contributed by atoms with Gasteiger partial charge in [0, 0.05) is 32.6 Å². The quantitative estimate of drug-likeness (QED) is 0.358. The SMILES string of the molecule is CN=C(NCC(=O)NCc1ccccc1)N1CCC(c2ccc(OC)cc2)C1.I. The Kier molecular flexibility index (Phi) is 9.24. The van der Waals surface area contributed by atoms with Crippen LogP contribution in [-0.4, -0.2) is 50.6 Å². The molecule has 29 heavy (non-hydrogen) atoms. The van der Waals surface area contributed by atoms with Crippen LogP contribution in [0.4, 0.5) is 0 Å². The molecule has 1 heterocycles. The lowest BCUT2D eigenvalue weighted by molar-refractivity contribution is -0.120. The lowest BCUT2D eigenvalue weighted by Crippen LogP contribution is -2.44. The van der Waals surface area contributed by atoms with Gasteiger partial charge in [-0.2, -0.15) is 0 Å². The third-order valence-corrected chi connectivity index (χ3v) is 5.03. The Bertz CT molecular complexity index is 796. The first-order valence-electron chi connectivity index (χ1n) is 9.59. The number of hydrogen-bond donors (Lipinski definition) is 2. The fourth-order valence-corrected chi connectivity index (χ4v) is 3.45. The normalized spacial score (nSPS) is 16.1. The Morgan fingerprint density at radius 2 is 1.86 bits per heavy atom. The highest BCUT2D eigenvalue weighted by atomic mass is 127. The monoisotopic (exact) mass is 508 g/mol. The summed E-state index contributed by atoms with van der Waals surface area (Å²) in [4.78, 5) is 18.7. The van der Waals surface area contributed by atoms with Gasteiger partial charge in [0.2, 0.25) is 5.91 Å². The smallest absolute Gasteiger partial charge is 0.239 e. The molecule has 0 aliphatic carbocycles. The lowest BCUT2D eigenvalue weighted by atomic mass is 9.98. The lowest BCUT2D eigenvalue weighted by Gasteiger charge is -2.21. The summed E-state index contributed by atoms with van der Waals surface area (Å²) in [6.07, 6.45) is 1.06. The van der Waals surface area contributed by atoms with E-state index in [2.05, 4.69) is 32.7 Å². The fraction of sp³-hybridized carbons (Fsp3) is 0.364. The average Bonchev–Trinajstić information content (AvgIpc) is 3.23. The Morgan fingerprint density at radius 3 is 2.52 bits per heavy atom. The average molecular weight is 508 g/mol. The molecule has 1 aliphatic heterocycles. The summed E-state index contributed by atoms with van der Waals surface area (Å²) in [6, 6.07) is 18.1. The number of nitrogens with one attached hydrogen (secondary N) is 2. The van der Waals surface area contributed by atoms with Crippen LogP contribution in [0.1, 0.15) is 23.5 Å². The first-order valence-corrected chi connectivity index (χ1v) is 9.59. The summed E-state index contributed by atoms with van der Waals surface area (Å²) in [5.41, 5.74) is 2.39. The number of aliphatic imine (C=N–C) groups is 1. The van der Waals surface area contributed by atoms with Crippen molar-refractivity contribution in [2.45, 2.75) is 18.9 Å². The molecular formula is C22H29IN4O2. The van der Waals surface area contributed by atoms with Crippen LogP contribution in [0.25, 0.3) is 0 Å². The molecule has 0 saturated carbocycles. The number of halogens is 1. The Morgan fingerprint density at radius 1 is 1.14 bits per heavy atom. The van der Waals surface area contributed by atoms with Crippen LogP contribution >= 0.6 is 24.0 Å². The predicted molar refractivity (Wildman–Crippen MR) is 127 cm³/mol. The number of nitrogens with zero attached hydrogens (tertiary/aromatic N) is 2. The van der Waals surface area contributed by atoms with Crippen LogP contribution in [0.5, 0.6) is 5.75 Å². The zero-order chi connectivity index (χ0) is 19.8. The van der Waals surface area contributed by atoms with E-state index < -0.39 is 0 Å². The number of methoxy groups -OCH3 is 1. The molecule has 2 aromatic rings. The van der Waals surface area contributed by atoms with Gasteiger partial charge in [0.05, 0.1) is 13.7 Å². The van der Waals surface area contributed by atoms with Gasteiger partial charge in [-0.1, -0.05) is 42.5 Å². The number of ether oxygens (including phenoxy) is 1. The predicted octanol–water partition coefficient (Wildman–Crippen LogP) is 2.99. The topological polar surface area (TPSA) is 66.0 Å². The van der Waals surface area contributed by atoms with E-state index >= 15 is 0 Å². The molecule has 2 N–H and O–H groups in total. The van der Waals surface area contributed by atoms with Crippen LogP contribution in [0.15, 0.2) is 59.6 Å². The molecular weight excluding hydrogens is 479 g/mol. The summed E-state index contributed by atoms with van der Waals surface area (Å²) in [7, 11) is 3.43. The molecule has 1 saturated heterocycles. The van der Waals surface area contributed by atoms with E-state index in [-0.39, 0.29) is 36.4 Å². The van der Waals surface area contributed by atoms with Gasteiger partial charge in [0.15, 0.2) is 5.96 Å². The van der Waals surface area contributed by atoms with E-state index in [4.69, 9.17) is 4.74 Å². The highest BCUT2D eigenvalue weighted by Gasteiger charge is 2.26. The van der Waals surface area contributed by atoms with Crippen LogP contribution in [0.2, 0.25) is 0 Å². The van der Waals surface area contributed by atoms with Crippen molar-refractivity contribution in [3.8, 4) is 5.75 Å². The number of likely N-dealkylation sites (tertiary alicyclic amines) is 1. The number of rotatable bonds is 6.